The van der Waals surface area contributed by atoms with Gasteiger partial charge in [-0.05, 0) is 5.92 Å². The van der Waals surface area contributed by atoms with E-state index in [4.69, 9.17) is 5.73 Å². The van der Waals surface area contributed by atoms with E-state index < -0.39 is 47.9 Å². The molecule has 0 radical (unpaired) electrons. The highest BCUT2D eigenvalue weighted by Crippen LogP contribution is 2.10. The van der Waals surface area contributed by atoms with E-state index in [2.05, 4.69) is 48.5 Å². The number of thiol groups is 1. The van der Waals surface area contributed by atoms with Crippen molar-refractivity contribution in [1.82, 2.24) is 35.9 Å². The Hall–Kier alpha value is -3.39. The lowest BCUT2D eigenvalue weighted by Gasteiger charge is -2.27. The number of nitrogens with two attached hydrogens (primary N) is 1. The molecule has 192 valence electrons. The van der Waals surface area contributed by atoms with Crippen LogP contribution in [0.2, 0.25) is 0 Å². The van der Waals surface area contributed by atoms with Crippen LogP contribution in [0.25, 0.3) is 0 Å². The minimum absolute atomic E-state index is 0.0191. The summed E-state index contributed by atoms with van der Waals surface area (Å²) < 4.78 is 0. The molecule has 0 aliphatic heterocycles. The summed E-state index contributed by atoms with van der Waals surface area (Å²) in [5, 5.41) is 17.3. The first-order valence-corrected chi connectivity index (χ1v) is 11.7. The summed E-state index contributed by atoms with van der Waals surface area (Å²) in [6.45, 7) is 3.64. The first-order chi connectivity index (χ1) is 16.7. The molecule has 2 aromatic heterocycles. The number of carboxylic acid groups (broad SMARTS) is 1. The zero-order chi connectivity index (χ0) is 26.0. The standard InChI is InChI=1S/C21H32N8O5S/c1-3-11(2)17(29-18(30)14(22)8-35)20(32)27-15(4-12-6-23-9-25-12)19(31)28-16(21(33)34)5-13-7-24-10-26-13/h6-7,9-11,14-17,35H,3-5,8,22H2,1-2H3,(H,23,25)(H,24,26)(H,27,32)(H,28,31)(H,29,30)(H,33,34). The zero-order valence-electron chi connectivity index (χ0n) is 19.5. The van der Waals surface area contributed by atoms with Gasteiger partial charge in [0, 0.05) is 42.4 Å². The van der Waals surface area contributed by atoms with Crippen LogP contribution < -0.4 is 21.7 Å². The van der Waals surface area contributed by atoms with Gasteiger partial charge < -0.3 is 36.8 Å². The Morgan fingerprint density at radius 1 is 0.971 bits per heavy atom. The molecule has 0 aromatic carbocycles. The summed E-state index contributed by atoms with van der Waals surface area (Å²) in [7, 11) is 0. The maximum atomic E-state index is 13.2. The molecular formula is C21H32N8O5S. The number of nitrogens with one attached hydrogen (secondary N) is 5. The van der Waals surface area contributed by atoms with Crippen molar-refractivity contribution in [1.29, 1.82) is 0 Å². The first kappa shape index (κ1) is 27.9. The highest BCUT2D eigenvalue weighted by Gasteiger charge is 2.32. The van der Waals surface area contributed by atoms with Gasteiger partial charge in [-0.1, -0.05) is 20.3 Å². The topological polar surface area (TPSA) is 208 Å². The maximum Gasteiger partial charge on any atom is 0.326 e. The van der Waals surface area contributed by atoms with Crippen LogP contribution in [0.4, 0.5) is 0 Å². The summed E-state index contributed by atoms with van der Waals surface area (Å²) in [6.07, 6.45) is 6.33. The van der Waals surface area contributed by atoms with Crippen molar-refractivity contribution < 1.29 is 24.3 Å². The second-order valence-corrected chi connectivity index (χ2v) is 8.55. The Balaban J connectivity index is 2.21. The Morgan fingerprint density at radius 3 is 1.97 bits per heavy atom. The molecule has 14 heteroatoms. The molecule has 35 heavy (non-hydrogen) atoms. The third-order valence-electron chi connectivity index (χ3n) is 5.53. The SMILES string of the molecule is CCC(C)C(NC(=O)C(N)CS)C(=O)NC(Cc1cnc[nH]1)C(=O)NC(Cc1cnc[nH]1)C(=O)O. The molecule has 0 saturated carbocycles. The van der Waals surface area contributed by atoms with Gasteiger partial charge in [0.25, 0.3) is 0 Å². The van der Waals surface area contributed by atoms with Gasteiger partial charge >= 0.3 is 5.97 Å². The quantitative estimate of drug-likeness (QED) is 0.144. The number of hydrogen-bond acceptors (Lipinski definition) is 8. The van der Waals surface area contributed by atoms with Crippen LogP contribution in [-0.4, -0.2) is 78.7 Å². The van der Waals surface area contributed by atoms with Crippen LogP contribution >= 0.6 is 12.6 Å². The lowest BCUT2D eigenvalue weighted by Crippen LogP contribution is -2.59. The van der Waals surface area contributed by atoms with Crippen LogP contribution in [0, 0.1) is 5.92 Å². The summed E-state index contributed by atoms with van der Waals surface area (Å²) in [4.78, 5) is 63.8. The van der Waals surface area contributed by atoms with Crippen LogP contribution in [-0.2, 0) is 32.0 Å². The van der Waals surface area contributed by atoms with Crippen molar-refractivity contribution in [2.24, 2.45) is 11.7 Å². The predicted octanol–water partition coefficient (Wildman–Crippen LogP) is -1.24. The second-order valence-electron chi connectivity index (χ2n) is 8.18. The lowest BCUT2D eigenvalue weighted by molar-refractivity contribution is -0.142. The van der Waals surface area contributed by atoms with Gasteiger partial charge in [-0.25, -0.2) is 14.8 Å². The third kappa shape index (κ3) is 8.40. The monoisotopic (exact) mass is 508 g/mol. The molecule has 13 nitrogen and oxygen atoms in total. The Morgan fingerprint density at radius 2 is 1.51 bits per heavy atom. The minimum Gasteiger partial charge on any atom is -0.480 e. The number of aromatic amines is 2. The Labute approximate surface area is 207 Å². The first-order valence-electron chi connectivity index (χ1n) is 11.1. The zero-order valence-corrected chi connectivity index (χ0v) is 20.4. The molecule has 0 bridgehead atoms. The normalized spacial score (nSPS) is 15.3. The van der Waals surface area contributed by atoms with Crippen molar-refractivity contribution in [2.45, 2.75) is 57.3 Å². The van der Waals surface area contributed by atoms with Gasteiger partial charge in [0.1, 0.15) is 18.1 Å². The summed E-state index contributed by atoms with van der Waals surface area (Å²) in [5.41, 5.74) is 6.80. The third-order valence-corrected chi connectivity index (χ3v) is 5.93. The van der Waals surface area contributed by atoms with E-state index in [1.54, 1.807) is 6.92 Å². The number of carbonyl (C=O) groups is 4. The lowest BCUT2D eigenvalue weighted by atomic mass is 9.97. The van der Waals surface area contributed by atoms with Crippen molar-refractivity contribution in [2.75, 3.05) is 5.75 Å². The van der Waals surface area contributed by atoms with Gasteiger partial charge in [-0.15, -0.1) is 0 Å². The van der Waals surface area contributed by atoms with Crippen molar-refractivity contribution in [3.05, 3.63) is 36.4 Å². The molecule has 5 atom stereocenters. The van der Waals surface area contributed by atoms with Crippen LogP contribution in [0.15, 0.2) is 25.0 Å². The molecule has 0 spiro atoms. The van der Waals surface area contributed by atoms with Crippen LogP contribution in [0.5, 0.6) is 0 Å². The number of aliphatic carboxylic acids is 1. The smallest absolute Gasteiger partial charge is 0.326 e. The van der Waals surface area contributed by atoms with E-state index >= 15 is 0 Å². The minimum atomic E-state index is -1.26. The number of aromatic nitrogens is 4. The molecule has 8 N–H and O–H groups in total. The van der Waals surface area contributed by atoms with Crippen molar-refractivity contribution in [3.8, 4) is 0 Å². The maximum absolute atomic E-state index is 13.2. The van der Waals surface area contributed by atoms with Crippen LogP contribution in [0.1, 0.15) is 31.7 Å². The Bertz CT molecular complexity index is 969. The van der Waals surface area contributed by atoms with E-state index in [9.17, 15) is 24.3 Å². The largest absolute Gasteiger partial charge is 0.480 e. The van der Waals surface area contributed by atoms with Crippen molar-refractivity contribution >= 4 is 36.3 Å². The fraction of sp³-hybridized carbons (Fsp3) is 0.524. The van der Waals surface area contributed by atoms with Gasteiger partial charge in [-0.2, -0.15) is 12.6 Å². The van der Waals surface area contributed by atoms with E-state index in [1.807, 2.05) is 6.92 Å². The van der Waals surface area contributed by atoms with Gasteiger partial charge in [0.05, 0.1) is 18.7 Å². The molecule has 2 rings (SSSR count). The van der Waals surface area contributed by atoms with E-state index in [-0.39, 0.29) is 24.5 Å². The fourth-order valence-electron chi connectivity index (χ4n) is 3.22. The highest BCUT2D eigenvalue weighted by atomic mass is 32.1. The number of hydrogen-bond donors (Lipinski definition) is 8. The molecule has 3 amide bonds. The predicted molar refractivity (Wildman–Crippen MR) is 129 cm³/mol. The molecule has 0 aliphatic rings. The number of carboxylic acids is 1. The number of imidazole rings is 2. The number of rotatable bonds is 14. The van der Waals surface area contributed by atoms with Crippen LogP contribution in [0.3, 0.4) is 0 Å². The number of nitrogens with zero attached hydrogens (tertiary/aromatic N) is 2. The average Bonchev–Trinajstić information content (AvgIpc) is 3.54. The molecule has 2 heterocycles. The molecule has 2 aromatic rings. The number of H-pyrrole nitrogens is 2. The summed E-state index contributed by atoms with van der Waals surface area (Å²) in [5.74, 6) is -3.27. The highest BCUT2D eigenvalue weighted by molar-refractivity contribution is 7.80. The van der Waals surface area contributed by atoms with E-state index in [0.717, 1.165) is 0 Å². The van der Waals surface area contributed by atoms with Gasteiger partial charge in [0.2, 0.25) is 17.7 Å². The van der Waals surface area contributed by atoms with Crippen molar-refractivity contribution in [3.63, 3.8) is 0 Å². The van der Waals surface area contributed by atoms with E-state index in [0.29, 0.717) is 17.8 Å². The summed E-state index contributed by atoms with van der Waals surface area (Å²) in [6, 6.07) is -4.27. The fourth-order valence-corrected chi connectivity index (χ4v) is 3.39. The van der Waals surface area contributed by atoms with Gasteiger partial charge in [0.15, 0.2) is 0 Å². The number of amides is 3. The molecule has 5 unspecified atom stereocenters. The second kappa shape index (κ2) is 13.5. The molecule has 0 saturated heterocycles. The summed E-state index contributed by atoms with van der Waals surface area (Å²) >= 11 is 4.01. The molecule has 0 fully saturated rings. The molecule has 0 aliphatic carbocycles. The Kier molecular flexibility index (Phi) is 10.7. The average molecular weight is 509 g/mol. The molecular weight excluding hydrogens is 476 g/mol. The number of carbonyl (C=O) groups excluding carboxylic acids is 3. The van der Waals surface area contributed by atoms with Gasteiger partial charge in [-0.3, -0.25) is 14.4 Å². The van der Waals surface area contributed by atoms with E-state index in [1.165, 1.54) is 25.0 Å².